The number of nitrogens with zero attached hydrogens (tertiary/aromatic N) is 3. The number of likely N-dealkylation sites (N-methyl/N-ethyl adjacent to an activating group) is 1. The Morgan fingerprint density at radius 2 is 2.00 bits per heavy atom. The lowest BCUT2D eigenvalue weighted by molar-refractivity contribution is -0.133. The Morgan fingerprint density at radius 3 is 2.77 bits per heavy atom. The number of fused-ring (bicyclic) bond motifs is 3. The van der Waals surface area contributed by atoms with Gasteiger partial charge in [0.1, 0.15) is 6.61 Å². The normalized spacial score (nSPS) is 11.3. The summed E-state index contributed by atoms with van der Waals surface area (Å²) in [4.78, 5) is 18.8. The number of hydrogen-bond donors (Lipinski definition) is 0. The van der Waals surface area contributed by atoms with Gasteiger partial charge in [-0.15, -0.1) is 0 Å². The average molecular weight is 365 g/mol. The van der Waals surface area contributed by atoms with Gasteiger partial charge in [-0.25, -0.2) is 4.98 Å². The number of carbonyl (C=O) groups is 1. The molecule has 4 rings (SSSR count). The maximum Gasteiger partial charge on any atom is 0.248 e. The van der Waals surface area contributed by atoms with Gasteiger partial charge in [0.25, 0.3) is 0 Å². The summed E-state index contributed by atoms with van der Waals surface area (Å²) in [5, 5.41) is 0. The summed E-state index contributed by atoms with van der Waals surface area (Å²) in [7, 11) is 3.45. The molecule has 0 atom stereocenters. The molecule has 0 aliphatic heterocycles. The van der Waals surface area contributed by atoms with Gasteiger partial charge >= 0.3 is 0 Å². The summed E-state index contributed by atoms with van der Waals surface area (Å²) >= 11 is 1.66. The first kappa shape index (κ1) is 16.8. The first-order valence-corrected chi connectivity index (χ1v) is 9.17. The van der Waals surface area contributed by atoms with Gasteiger partial charge in [0.2, 0.25) is 5.91 Å². The maximum absolute atomic E-state index is 11.6. The molecule has 0 unspecified atom stereocenters. The van der Waals surface area contributed by atoms with Crippen molar-refractivity contribution in [3.8, 4) is 11.3 Å². The molecule has 2 aromatic carbocycles. The molecule has 0 fully saturated rings. The van der Waals surface area contributed by atoms with E-state index in [0.29, 0.717) is 6.61 Å². The highest BCUT2D eigenvalue weighted by Gasteiger charge is 2.11. The number of aromatic nitrogens is 2. The average Bonchev–Trinajstić information content (AvgIpc) is 3.19. The molecular weight excluding hydrogens is 346 g/mol. The van der Waals surface area contributed by atoms with Crippen molar-refractivity contribution < 1.29 is 9.53 Å². The molecule has 0 spiro atoms. The zero-order valence-electron chi connectivity index (χ0n) is 14.7. The zero-order chi connectivity index (χ0) is 18.1. The topological polar surface area (TPSA) is 46.8 Å². The molecule has 0 saturated carbocycles. The molecule has 0 aliphatic rings. The molecule has 132 valence electrons. The van der Waals surface area contributed by atoms with Gasteiger partial charge in [0.15, 0.2) is 4.96 Å². The second-order valence-corrected chi connectivity index (χ2v) is 7.34. The van der Waals surface area contributed by atoms with Crippen LogP contribution in [0.4, 0.5) is 0 Å². The van der Waals surface area contributed by atoms with Crippen molar-refractivity contribution in [2.24, 2.45) is 0 Å². The standard InChI is InChI=1S/C20H19N3O2S/c1-22(2)19(24)13-25-12-14-8-9-17-18(10-14)26-20-21-16(11-23(17)20)15-6-4-3-5-7-15/h3-11H,12-13H2,1-2H3. The Kier molecular flexibility index (Phi) is 4.44. The Morgan fingerprint density at radius 1 is 1.19 bits per heavy atom. The second kappa shape index (κ2) is 6.90. The maximum atomic E-state index is 11.6. The largest absolute Gasteiger partial charge is 0.367 e. The lowest BCUT2D eigenvalue weighted by Crippen LogP contribution is -2.26. The van der Waals surface area contributed by atoms with Crippen LogP contribution in [0.25, 0.3) is 26.4 Å². The fourth-order valence-electron chi connectivity index (χ4n) is 2.77. The first-order valence-electron chi connectivity index (χ1n) is 8.35. The zero-order valence-corrected chi connectivity index (χ0v) is 15.5. The number of thiazole rings is 1. The van der Waals surface area contributed by atoms with Crippen LogP contribution in [-0.2, 0) is 16.1 Å². The van der Waals surface area contributed by atoms with E-state index < -0.39 is 0 Å². The Hall–Kier alpha value is -2.70. The van der Waals surface area contributed by atoms with E-state index in [1.54, 1.807) is 25.4 Å². The number of rotatable bonds is 5. The fraction of sp³-hybridized carbons (Fsp3) is 0.200. The van der Waals surface area contributed by atoms with Crippen molar-refractivity contribution >= 4 is 32.4 Å². The number of hydrogen-bond acceptors (Lipinski definition) is 4. The summed E-state index contributed by atoms with van der Waals surface area (Å²) in [5.41, 5.74) is 4.28. The van der Waals surface area contributed by atoms with Gasteiger partial charge in [-0.3, -0.25) is 9.20 Å². The molecule has 0 N–H and O–H groups in total. The van der Waals surface area contributed by atoms with Gasteiger partial charge in [-0.1, -0.05) is 47.7 Å². The number of ether oxygens (including phenoxy) is 1. The third kappa shape index (κ3) is 3.21. The highest BCUT2D eigenvalue weighted by molar-refractivity contribution is 7.23. The molecule has 0 saturated heterocycles. The van der Waals surface area contributed by atoms with Crippen molar-refractivity contribution in [3.05, 3.63) is 60.3 Å². The molecule has 2 heterocycles. The van der Waals surface area contributed by atoms with E-state index in [0.717, 1.165) is 32.0 Å². The second-order valence-electron chi connectivity index (χ2n) is 6.33. The molecule has 26 heavy (non-hydrogen) atoms. The Balaban J connectivity index is 1.57. The number of amides is 1. The van der Waals surface area contributed by atoms with E-state index in [-0.39, 0.29) is 12.5 Å². The fourth-order valence-corrected chi connectivity index (χ4v) is 3.84. The van der Waals surface area contributed by atoms with Gasteiger partial charge in [-0.2, -0.15) is 0 Å². The molecule has 0 aliphatic carbocycles. The molecule has 6 heteroatoms. The molecular formula is C20H19N3O2S. The van der Waals surface area contributed by atoms with E-state index in [9.17, 15) is 4.79 Å². The number of imidazole rings is 1. The summed E-state index contributed by atoms with van der Waals surface area (Å²) in [5.74, 6) is -0.0332. The van der Waals surface area contributed by atoms with Crippen LogP contribution in [-0.4, -0.2) is 40.9 Å². The van der Waals surface area contributed by atoms with E-state index in [1.165, 1.54) is 4.90 Å². The minimum Gasteiger partial charge on any atom is -0.367 e. The lowest BCUT2D eigenvalue weighted by Gasteiger charge is -2.10. The van der Waals surface area contributed by atoms with Crippen LogP contribution in [0, 0.1) is 0 Å². The minimum atomic E-state index is -0.0332. The van der Waals surface area contributed by atoms with Gasteiger partial charge < -0.3 is 9.64 Å². The highest BCUT2D eigenvalue weighted by Crippen LogP contribution is 2.30. The highest BCUT2D eigenvalue weighted by atomic mass is 32.1. The SMILES string of the molecule is CN(C)C(=O)COCc1ccc2c(c1)sc1nc(-c3ccccc3)cn12. The third-order valence-electron chi connectivity index (χ3n) is 4.22. The van der Waals surface area contributed by atoms with Crippen LogP contribution in [0.2, 0.25) is 0 Å². The summed E-state index contributed by atoms with van der Waals surface area (Å²) in [6.07, 6.45) is 2.08. The van der Waals surface area contributed by atoms with E-state index in [4.69, 9.17) is 9.72 Å². The van der Waals surface area contributed by atoms with Crippen LogP contribution >= 0.6 is 11.3 Å². The lowest BCUT2D eigenvalue weighted by atomic mass is 10.2. The minimum absolute atomic E-state index is 0.0332. The smallest absolute Gasteiger partial charge is 0.248 e. The van der Waals surface area contributed by atoms with Gasteiger partial charge in [0, 0.05) is 25.9 Å². The summed E-state index contributed by atoms with van der Waals surface area (Å²) in [6, 6.07) is 16.4. The van der Waals surface area contributed by atoms with Gasteiger partial charge in [0.05, 0.1) is 22.5 Å². The number of benzene rings is 2. The monoisotopic (exact) mass is 365 g/mol. The van der Waals surface area contributed by atoms with E-state index >= 15 is 0 Å². The molecule has 1 amide bonds. The van der Waals surface area contributed by atoms with Crippen molar-refractivity contribution in [1.82, 2.24) is 14.3 Å². The van der Waals surface area contributed by atoms with Crippen LogP contribution in [0.5, 0.6) is 0 Å². The third-order valence-corrected chi connectivity index (χ3v) is 5.24. The van der Waals surface area contributed by atoms with Gasteiger partial charge in [-0.05, 0) is 17.7 Å². The van der Waals surface area contributed by atoms with Crippen molar-refractivity contribution in [2.75, 3.05) is 20.7 Å². The van der Waals surface area contributed by atoms with Crippen LogP contribution in [0.15, 0.2) is 54.7 Å². The molecule has 5 nitrogen and oxygen atoms in total. The molecule has 4 aromatic rings. The first-order chi connectivity index (χ1) is 12.6. The van der Waals surface area contributed by atoms with E-state index in [1.807, 2.05) is 24.3 Å². The van der Waals surface area contributed by atoms with Crippen LogP contribution in [0.3, 0.4) is 0 Å². The van der Waals surface area contributed by atoms with Crippen molar-refractivity contribution in [1.29, 1.82) is 0 Å². The summed E-state index contributed by atoms with van der Waals surface area (Å²) < 4.78 is 8.80. The Labute approximate surface area is 155 Å². The predicted octanol–water partition coefficient (Wildman–Crippen LogP) is 3.82. The molecule has 0 bridgehead atoms. The van der Waals surface area contributed by atoms with Crippen molar-refractivity contribution in [2.45, 2.75) is 6.61 Å². The number of carbonyl (C=O) groups excluding carboxylic acids is 1. The predicted molar refractivity (Wildman–Crippen MR) is 104 cm³/mol. The molecule has 2 aromatic heterocycles. The quantitative estimate of drug-likeness (QED) is 0.540. The van der Waals surface area contributed by atoms with Crippen molar-refractivity contribution in [3.63, 3.8) is 0 Å². The Bertz CT molecular complexity index is 1070. The van der Waals surface area contributed by atoms with Crippen LogP contribution < -0.4 is 0 Å². The van der Waals surface area contributed by atoms with E-state index in [2.05, 4.69) is 34.9 Å². The summed E-state index contributed by atoms with van der Waals surface area (Å²) in [6.45, 7) is 0.518. The van der Waals surface area contributed by atoms with Crippen LogP contribution in [0.1, 0.15) is 5.56 Å². The molecule has 0 radical (unpaired) electrons.